The minimum absolute atomic E-state index is 0.132. The van der Waals surface area contributed by atoms with Crippen LogP contribution in [0, 0.1) is 0 Å². The van der Waals surface area contributed by atoms with E-state index in [1.54, 1.807) is 18.5 Å². The summed E-state index contributed by atoms with van der Waals surface area (Å²) in [7, 11) is -3.64. The minimum atomic E-state index is -3.64. The fourth-order valence-electron chi connectivity index (χ4n) is 3.10. The SMILES string of the molecule is NS(=O)(=O)c1ccc(CCNc2cc(N3CCCCCC3)ncn2)cc1. The van der Waals surface area contributed by atoms with Gasteiger partial charge in [0.05, 0.1) is 4.90 Å². The van der Waals surface area contributed by atoms with Crippen molar-refractivity contribution in [3.05, 3.63) is 42.2 Å². The zero-order valence-electron chi connectivity index (χ0n) is 14.8. The molecule has 1 fully saturated rings. The molecule has 3 N–H and O–H groups in total. The number of sulfonamides is 1. The van der Waals surface area contributed by atoms with Crippen molar-refractivity contribution in [3.8, 4) is 0 Å². The number of rotatable bonds is 6. The number of hydrogen-bond acceptors (Lipinski definition) is 6. The Morgan fingerprint density at radius 3 is 2.38 bits per heavy atom. The molecule has 2 heterocycles. The van der Waals surface area contributed by atoms with Crippen LogP contribution in [0.4, 0.5) is 11.6 Å². The monoisotopic (exact) mass is 375 g/mol. The topological polar surface area (TPSA) is 101 Å². The largest absolute Gasteiger partial charge is 0.370 e. The summed E-state index contributed by atoms with van der Waals surface area (Å²) in [4.78, 5) is 11.2. The fraction of sp³-hybridized carbons (Fsp3) is 0.444. The Labute approximate surface area is 154 Å². The van der Waals surface area contributed by atoms with Crippen LogP contribution in [0.3, 0.4) is 0 Å². The molecule has 0 spiro atoms. The highest BCUT2D eigenvalue weighted by atomic mass is 32.2. The molecule has 26 heavy (non-hydrogen) atoms. The summed E-state index contributed by atoms with van der Waals surface area (Å²) < 4.78 is 22.5. The highest BCUT2D eigenvalue weighted by Gasteiger charge is 2.12. The average molecular weight is 375 g/mol. The summed E-state index contributed by atoms with van der Waals surface area (Å²) in [5, 5.41) is 8.42. The molecular formula is C18H25N5O2S. The third-order valence-corrected chi connectivity index (χ3v) is 5.48. The Morgan fingerprint density at radius 1 is 1.04 bits per heavy atom. The van der Waals surface area contributed by atoms with Gasteiger partial charge < -0.3 is 10.2 Å². The van der Waals surface area contributed by atoms with Crippen LogP contribution in [-0.2, 0) is 16.4 Å². The second-order valence-electron chi connectivity index (χ2n) is 6.53. The first-order chi connectivity index (χ1) is 12.5. The van der Waals surface area contributed by atoms with Gasteiger partial charge in [0.15, 0.2) is 0 Å². The molecule has 7 nitrogen and oxygen atoms in total. The van der Waals surface area contributed by atoms with E-state index < -0.39 is 10.0 Å². The van der Waals surface area contributed by atoms with Gasteiger partial charge in [-0.05, 0) is 37.0 Å². The molecule has 0 atom stereocenters. The van der Waals surface area contributed by atoms with Gasteiger partial charge in [0.25, 0.3) is 0 Å². The molecule has 1 aromatic carbocycles. The Hall–Kier alpha value is -2.19. The Balaban J connectivity index is 1.55. The van der Waals surface area contributed by atoms with Crippen LogP contribution in [0.2, 0.25) is 0 Å². The molecule has 1 saturated heterocycles. The van der Waals surface area contributed by atoms with Gasteiger partial charge in [-0.2, -0.15) is 0 Å². The standard InChI is InChI=1S/C18H25N5O2S/c19-26(24,25)16-7-5-15(6-8-16)9-10-20-17-13-18(22-14-21-17)23-11-3-1-2-4-12-23/h5-8,13-14H,1-4,9-12H2,(H2,19,24,25)(H,20,21,22). The molecule has 0 radical (unpaired) electrons. The lowest BCUT2D eigenvalue weighted by atomic mass is 10.1. The van der Waals surface area contributed by atoms with Crippen molar-refractivity contribution in [3.63, 3.8) is 0 Å². The van der Waals surface area contributed by atoms with Crippen molar-refractivity contribution in [1.82, 2.24) is 9.97 Å². The predicted octanol–water partition coefficient (Wildman–Crippen LogP) is 2.16. The van der Waals surface area contributed by atoms with Crippen LogP contribution in [0.1, 0.15) is 31.2 Å². The molecule has 0 saturated carbocycles. The van der Waals surface area contributed by atoms with Gasteiger partial charge in [0.1, 0.15) is 18.0 Å². The maximum Gasteiger partial charge on any atom is 0.238 e. The third kappa shape index (κ3) is 5.15. The number of nitrogens with two attached hydrogens (primary N) is 1. The Morgan fingerprint density at radius 2 is 1.73 bits per heavy atom. The van der Waals surface area contributed by atoms with E-state index in [-0.39, 0.29) is 4.90 Å². The van der Waals surface area contributed by atoms with Crippen LogP contribution in [0.25, 0.3) is 0 Å². The summed E-state index contributed by atoms with van der Waals surface area (Å²) in [6.07, 6.45) is 7.36. The highest BCUT2D eigenvalue weighted by Crippen LogP contribution is 2.19. The average Bonchev–Trinajstić information content (AvgIpc) is 2.91. The Bertz CT molecular complexity index is 816. The molecule has 3 rings (SSSR count). The minimum Gasteiger partial charge on any atom is -0.370 e. The van der Waals surface area contributed by atoms with Gasteiger partial charge in [-0.3, -0.25) is 0 Å². The van der Waals surface area contributed by atoms with Crippen molar-refractivity contribution in [2.45, 2.75) is 37.0 Å². The predicted molar refractivity (Wildman–Crippen MR) is 103 cm³/mol. The lowest BCUT2D eigenvalue weighted by molar-refractivity contribution is 0.598. The van der Waals surface area contributed by atoms with Crippen LogP contribution in [-0.4, -0.2) is 38.0 Å². The van der Waals surface area contributed by atoms with Crippen molar-refractivity contribution < 1.29 is 8.42 Å². The zero-order chi connectivity index (χ0) is 18.4. The fourth-order valence-corrected chi connectivity index (χ4v) is 3.61. The summed E-state index contributed by atoms with van der Waals surface area (Å²) in [6.45, 7) is 2.80. The van der Waals surface area contributed by atoms with Crippen LogP contribution in [0.5, 0.6) is 0 Å². The molecule has 0 bridgehead atoms. The number of primary sulfonamides is 1. The van der Waals surface area contributed by atoms with E-state index in [2.05, 4.69) is 20.2 Å². The van der Waals surface area contributed by atoms with Crippen LogP contribution < -0.4 is 15.4 Å². The normalized spacial score (nSPS) is 15.5. The van der Waals surface area contributed by atoms with E-state index in [4.69, 9.17) is 5.14 Å². The van der Waals surface area contributed by atoms with E-state index in [1.807, 2.05) is 6.07 Å². The van der Waals surface area contributed by atoms with Crippen LogP contribution >= 0.6 is 0 Å². The molecule has 2 aromatic rings. The van der Waals surface area contributed by atoms with Gasteiger partial charge in [-0.15, -0.1) is 0 Å². The Kier molecular flexibility index (Phi) is 6.05. The van der Waals surface area contributed by atoms with Gasteiger partial charge in [0.2, 0.25) is 10.0 Å². The maximum atomic E-state index is 11.3. The number of aromatic nitrogens is 2. The molecule has 0 amide bonds. The number of anilines is 2. The molecule has 140 valence electrons. The van der Waals surface area contributed by atoms with E-state index in [0.29, 0.717) is 6.54 Å². The number of hydrogen-bond donors (Lipinski definition) is 2. The third-order valence-electron chi connectivity index (χ3n) is 4.55. The van der Waals surface area contributed by atoms with Crippen molar-refractivity contribution in [1.29, 1.82) is 0 Å². The zero-order valence-corrected chi connectivity index (χ0v) is 15.6. The quantitative estimate of drug-likeness (QED) is 0.802. The number of nitrogens with zero attached hydrogens (tertiary/aromatic N) is 3. The smallest absolute Gasteiger partial charge is 0.238 e. The molecule has 1 aliphatic rings. The second kappa shape index (κ2) is 8.46. The molecule has 1 aliphatic heterocycles. The first-order valence-corrected chi connectivity index (χ1v) is 10.5. The van der Waals surface area contributed by atoms with Crippen molar-refractivity contribution in [2.75, 3.05) is 29.9 Å². The van der Waals surface area contributed by atoms with Gasteiger partial charge in [0, 0.05) is 25.7 Å². The number of nitrogens with one attached hydrogen (secondary N) is 1. The van der Waals surface area contributed by atoms with Crippen LogP contribution in [0.15, 0.2) is 41.6 Å². The summed E-state index contributed by atoms with van der Waals surface area (Å²) in [6, 6.07) is 8.63. The molecule has 0 unspecified atom stereocenters. The van der Waals surface area contributed by atoms with Crippen molar-refractivity contribution in [2.24, 2.45) is 5.14 Å². The molecule has 0 aliphatic carbocycles. The molecule has 8 heteroatoms. The van der Waals surface area contributed by atoms with Crippen molar-refractivity contribution >= 4 is 21.7 Å². The van der Waals surface area contributed by atoms with Gasteiger partial charge in [-0.25, -0.2) is 23.5 Å². The first-order valence-electron chi connectivity index (χ1n) is 8.95. The molecular weight excluding hydrogens is 350 g/mol. The summed E-state index contributed by atoms with van der Waals surface area (Å²) in [5.41, 5.74) is 1.03. The van der Waals surface area contributed by atoms with E-state index in [1.165, 1.54) is 37.8 Å². The lowest BCUT2D eigenvalue weighted by Crippen LogP contribution is -2.25. The summed E-state index contributed by atoms with van der Waals surface area (Å²) >= 11 is 0. The maximum absolute atomic E-state index is 11.3. The lowest BCUT2D eigenvalue weighted by Gasteiger charge is -2.21. The summed E-state index contributed by atoms with van der Waals surface area (Å²) in [5.74, 6) is 1.78. The second-order valence-corrected chi connectivity index (χ2v) is 8.09. The van der Waals surface area contributed by atoms with E-state index in [9.17, 15) is 8.42 Å². The molecule has 1 aromatic heterocycles. The van der Waals surface area contributed by atoms with E-state index >= 15 is 0 Å². The van der Waals surface area contributed by atoms with Gasteiger partial charge >= 0.3 is 0 Å². The highest BCUT2D eigenvalue weighted by molar-refractivity contribution is 7.89. The number of benzene rings is 1. The van der Waals surface area contributed by atoms with Gasteiger partial charge in [-0.1, -0.05) is 25.0 Å². The first kappa shape index (κ1) is 18.6. The van der Waals surface area contributed by atoms with E-state index in [0.717, 1.165) is 36.7 Å².